The Kier molecular flexibility index (Phi) is 13.9. The highest BCUT2D eigenvalue weighted by atomic mass is 16.6. The third kappa shape index (κ3) is 8.38. The summed E-state index contributed by atoms with van der Waals surface area (Å²) < 4.78 is 28.8. The molecule has 0 saturated carbocycles. The molecule has 4 aliphatic rings. The highest BCUT2D eigenvalue weighted by Gasteiger charge is 2.72. The number of hydrogen-bond donors (Lipinski definition) is 1. The summed E-state index contributed by atoms with van der Waals surface area (Å²) in [7, 11) is 3.61. The molecule has 5 rings (SSSR count). The lowest BCUT2D eigenvalue weighted by molar-refractivity contribution is -0.180. The Bertz CT molecular complexity index is 1470. The van der Waals surface area contributed by atoms with Crippen molar-refractivity contribution in [2.45, 2.75) is 165 Å². The number of hydrogen-bond acceptors (Lipinski definition) is 10. The van der Waals surface area contributed by atoms with Crippen molar-refractivity contribution in [3.63, 3.8) is 0 Å². The van der Waals surface area contributed by atoms with Crippen LogP contribution in [0.1, 0.15) is 135 Å². The Morgan fingerprint density at radius 1 is 0.942 bits per heavy atom. The molecule has 2 heterocycles. The molecule has 1 aromatic rings. The number of allylic oxidation sites excluding steroid dienone is 2. The van der Waals surface area contributed by atoms with E-state index in [0.29, 0.717) is 30.8 Å². The number of likely N-dealkylation sites (tertiary alicyclic amines) is 1. The molecule has 1 aromatic carbocycles. The van der Waals surface area contributed by atoms with Gasteiger partial charge in [-0.15, -0.1) is 0 Å². The fourth-order valence-electron chi connectivity index (χ4n) is 8.75. The van der Waals surface area contributed by atoms with Gasteiger partial charge in [-0.25, -0.2) is 9.59 Å². The van der Waals surface area contributed by atoms with E-state index >= 15 is 0 Å². The van der Waals surface area contributed by atoms with Gasteiger partial charge in [0, 0.05) is 24.4 Å². The highest BCUT2D eigenvalue weighted by molar-refractivity contribution is 5.83. The third-order valence-corrected chi connectivity index (χ3v) is 11.7. The van der Waals surface area contributed by atoms with Gasteiger partial charge >= 0.3 is 17.9 Å². The van der Waals surface area contributed by atoms with E-state index in [9.17, 15) is 19.5 Å². The third-order valence-electron chi connectivity index (χ3n) is 11.7. The maximum atomic E-state index is 13.3. The van der Waals surface area contributed by atoms with Crippen LogP contribution < -0.4 is 9.47 Å². The Morgan fingerprint density at radius 2 is 1.60 bits per heavy atom. The first-order valence-electron chi connectivity index (χ1n) is 19.8. The maximum Gasteiger partial charge on any atom is 0.352 e. The Morgan fingerprint density at radius 3 is 2.29 bits per heavy atom. The molecule has 0 unspecified atom stereocenters. The standard InChI is InChI=1S/C42H61NO9/c1-6-7-8-9-10-11-12-13-14-15-16-17-18-19-20-21-35(44)49-29(2)39(45)50-30(3)40(46)51-33-24-25-42(47)34-28-31-22-23-32(48-5)37-36(31)41(42,38(33)52-37)26-27-43(34)4/h13-14,22-24,29-30,34,38,47H,6-12,15-21,25-28H2,1-5H3/b14-13-/t29-,30-,34-,38+,41+,42-/m0/s1. The van der Waals surface area contributed by atoms with Crippen LogP contribution in [0.4, 0.5) is 0 Å². The summed E-state index contributed by atoms with van der Waals surface area (Å²) >= 11 is 0. The monoisotopic (exact) mass is 723 g/mol. The average Bonchev–Trinajstić information content (AvgIpc) is 3.48. The zero-order valence-electron chi connectivity index (χ0n) is 32.1. The van der Waals surface area contributed by atoms with Gasteiger partial charge in [-0.2, -0.15) is 0 Å². The molecule has 52 heavy (non-hydrogen) atoms. The maximum absolute atomic E-state index is 13.3. The van der Waals surface area contributed by atoms with Crippen LogP contribution >= 0.6 is 0 Å². The molecule has 10 nitrogen and oxygen atoms in total. The van der Waals surface area contributed by atoms with Crippen molar-refractivity contribution in [2.24, 2.45) is 0 Å². The summed E-state index contributed by atoms with van der Waals surface area (Å²) in [6.07, 6.45) is 20.1. The van der Waals surface area contributed by atoms with Crippen LogP contribution in [0.2, 0.25) is 0 Å². The van der Waals surface area contributed by atoms with Gasteiger partial charge in [-0.05, 0) is 90.1 Å². The average molecular weight is 724 g/mol. The van der Waals surface area contributed by atoms with E-state index in [2.05, 4.69) is 24.0 Å². The number of piperidine rings is 1. The minimum atomic E-state index is -1.26. The van der Waals surface area contributed by atoms with Gasteiger partial charge in [0.25, 0.3) is 0 Å². The number of ether oxygens (including phenoxy) is 5. The van der Waals surface area contributed by atoms with Crippen molar-refractivity contribution < 1.29 is 43.2 Å². The second kappa shape index (κ2) is 18.1. The second-order valence-corrected chi connectivity index (χ2v) is 15.3. The number of nitrogens with zero attached hydrogens (tertiary/aromatic N) is 1. The molecule has 2 aliphatic heterocycles. The first-order chi connectivity index (χ1) is 25.1. The normalized spacial score (nSPS) is 25.5. The smallest absolute Gasteiger partial charge is 0.352 e. The van der Waals surface area contributed by atoms with Gasteiger partial charge in [-0.3, -0.25) is 4.79 Å². The van der Waals surface area contributed by atoms with Gasteiger partial charge < -0.3 is 33.7 Å². The van der Waals surface area contributed by atoms with Crippen LogP contribution in [-0.2, 0) is 40.4 Å². The zero-order valence-corrected chi connectivity index (χ0v) is 32.1. The minimum Gasteiger partial charge on any atom is -0.493 e. The molecule has 6 atom stereocenters. The summed E-state index contributed by atoms with van der Waals surface area (Å²) in [5.74, 6) is -0.639. The van der Waals surface area contributed by atoms with Crippen LogP contribution in [0, 0.1) is 0 Å². The van der Waals surface area contributed by atoms with Gasteiger partial charge in [0.05, 0.1) is 18.1 Å². The molecule has 1 saturated heterocycles. The number of esters is 3. The Balaban J connectivity index is 1.03. The van der Waals surface area contributed by atoms with Gasteiger partial charge in [0.2, 0.25) is 0 Å². The Labute approximate surface area is 310 Å². The van der Waals surface area contributed by atoms with Crippen LogP contribution in [-0.4, -0.2) is 78.6 Å². The number of unbranched alkanes of at least 4 members (excludes halogenated alkanes) is 11. The number of benzene rings is 1. The fourth-order valence-corrected chi connectivity index (χ4v) is 8.75. The van der Waals surface area contributed by atoms with E-state index in [1.165, 1.54) is 58.8 Å². The quantitative estimate of drug-likeness (QED) is 0.0594. The summed E-state index contributed by atoms with van der Waals surface area (Å²) in [6, 6.07) is 3.79. The van der Waals surface area contributed by atoms with Gasteiger partial charge in [0.15, 0.2) is 29.8 Å². The van der Waals surface area contributed by atoms with Crippen molar-refractivity contribution in [2.75, 3.05) is 20.7 Å². The van der Waals surface area contributed by atoms with Crippen molar-refractivity contribution in [3.8, 4) is 11.5 Å². The number of aliphatic hydroxyl groups is 1. The van der Waals surface area contributed by atoms with Crippen LogP contribution in [0.15, 0.2) is 36.1 Å². The SMILES string of the molecule is CCCCCCCC/C=C\CCCCCCCC(=O)O[C@@H](C)C(=O)O[C@@H](C)C(=O)OC1=CC[C@]2(O)[C@@H]3Cc4ccc(OC)c5c4[C@]2(CCN3C)[C@@H]1O5. The molecule has 0 radical (unpaired) electrons. The van der Waals surface area contributed by atoms with E-state index in [4.69, 9.17) is 23.7 Å². The molecular weight excluding hydrogens is 662 g/mol. The van der Waals surface area contributed by atoms with Crippen LogP contribution in [0.25, 0.3) is 0 Å². The molecule has 2 aliphatic carbocycles. The van der Waals surface area contributed by atoms with E-state index < -0.39 is 47.2 Å². The minimum absolute atomic E-state index is 0.131. The van der Waals surface area contributed by atoms with E-state index in [0.717, 1.165) is 49.8 Å². The number of likely N-dealkylation sites (N-methyl/N-ethyl adjacent to an activating group) is 1. The molecular formula is C42H61NO9. The topological polar surface area (TPSA) is 121 Å². The molecule has 1 N–H and O–H groups in total. The number of carbonyl (C=O) groups is 3. The highest BCUT2D eigenvalue weighted by Crippen LogP contribution is 2.65. The number of rotatable bonds is 21. The van der Waals surface area contributed by atoms with Crippen molar-refractivity contribution >= 4 is 17.9 Å². The van der Waals surface area contributed by atoms with Crippen molar-refractivity contribution in [1.82, 2.24) is 4.90 Å². The van der Waals surface area contributed by atoms with Gasteiger partial charge in [0.1, 0.15) is 5.76 Å². The van der Waals surface area contributed by atoms with Crippen LogP contribution in [0.3, 0.4) is 0 Å². The summed E-state index contributed by atoms with van der Waals surface area (Å²) in [5, 5.41) is 12.4. The molecule has 1 spiro atoms. The molecule has 1 fully saturated rings. The Hall–Kier alpha value is -3.37. The predicted molar refractivity (Wildman–Crippen MR) is 198 cm³/mol. The van der Waals surface area contributed by atoms with Gasteiger partial charge in [-0.1, -0.05) is 76.5 Å². The lowest BCUT2D eigenvalue weighted by Gasteiger charge is -2.61. The predicted octanol–water partition coefficient (Wildman–Crippen LogP) is 7.42. The summed E-state index contributed by atoms with van der Waals surface area (Å²) in [5.41, 5.74) is 0.0723. The van der Waals surface area contributed by atoms with Crippen molar-refractivity contribution in [1.29, 1.82) is 0 Å². The lowest BCUT2D eigenvalue weighted by atomic mass is 9.50. The first kappa shape index (κ1) is 39.8. The van der Waals surface area contributed by atoms with E-state index in [-0.39, 0.29) is 24.6 Å². The summed E-state index contributed by atoms with van der Waals surface area (Å²) in [6.45, 7) is 5.86. The second-order valence-electron chi connectivity index (χ2n) is 15.3. The molecule has 288 valence electrons. The largest absolute Gasteiger partial charge is 0.493 e. The molecule has 10 heteroatoms. The first-order valence-corrected chi connectivity index (χ1v) is 19.8. The van der Waals surface area contributed by atoms with Crippen molar-refractivity contribution in [3.05, 3.63) is 47.2 Å². The lowest BCUT2D eigenvalue weighted by Crippen LogP contribution is -2.74. The number of carbonyl (C=O) groups excluding carboxylic acids is 3. The number of methoxy groups -OCH3 is 1. The molecule has 0 aromatic heterocycles. The summed E-state index contributed by atoms with van der Waals surface area (Å²) in [4.78, 5) is 40.7. The van der Waals surface area contributed by atoms with E-state index in [1.54, 1.807) is 13.2 Å². The van der Waals surface area contributed by atoms with Crippen LogP contribution in [0.5, 0.6) is 11.5 Å². The van der Waals surface area contributed by atoms with E-state index in [1.807, 2.05) is 19.2 Å². The molecule has 2 bridgehead atoms. The fraction of sp³-hybridized carbons (Fsp3) is 0.690. The zero-order chi connectivity index (χ0) is 37.3. The molecule has 0 amide bonds.